The van der Waals surface area contributed by atoms with Gasteiger partial charge in [-0.1, -0.05) is 30.3 Å². The van der Waals surface area contributed by atoms with Crippen LogP contribution in [0.2, 0.25) is 0 Å². The van der Waals surface area contributed by atoms with Crippen molar-refractivity contribution in [2.24, 2.45) is 0 Å². The van der Waals surface area contributed by atoms with Crippen LogP contribution in [0, 0.1) is 0 Å². The summed E-state index contributed by atoms with van der Waals surface area (Å²) in [6.07, 6.45) is 0.762. The first-order chi connectivity index (χ1) is 7.79. The number of phenols is 1. The van der Waals surface area contributed by atoms with E-state index >= 15 is 0 Å². The van der Waals surface area contributed by atoms with Gasteiger partial charge in [0, 0.05) is 6.42 Å². The van der Waals surface area contributed by atoms with Crippen LogP contribution in [0.5, 0.6) is 11.5 Å². The fourth-order valence-corrected chi connectivity index (χ4v) is 1.74. The topological polar surface area (TPSA) is 29.5 Å². The molecule has 0 heterocycles. The summed E-state index contributed by atoms with van der Waals surface area (Å²) >= 11 is 0. The van der Waals surface area contributed by atoms with Gasteiger partial charge in [0.25, 0.3) is 0 Å². The SMILES string of the molecule is COc1ccccc1Cc1cccc(O)c1. The third kappa shape index (κ3) is 2.34. The summed E-state index contributed by atoms with van der Waals surface area (Å²) < 4.78 is 5.29. The molecule has 0 aromatic heterocycles. The van der Waals surface area contributed by atoms with E-state index in [1.807, 2.05) is 36.4 Å². The minimum absolute atomic E-state index is 0.299. The second-order valence-electron chi connectivity index (χ2n) is 3.66. The molecule has 82 valence electrons. The van der Waals surface area contributed by atoms with Gasteiger partial charge in [-0.3, -0.25) is 0 Å². The summed E-state index contributed by atoms with van der Waals surface area (Å²) in [5, 5.41) is 9.39. The monoisotopic (exact) mass is 214 g/mol. The molecule has 0 spiro atoms. The van der Waals surface area contributed by atoms with Crippen LogP contribution in [0.4, 0.5) is 0 Å². The fraction of sp³-hybridized carbons (Fsp3) is 0.143. The van der Waals surface area contributed by atoms with E-state index in [0.29, 0.717) is 5.75 Å². The molecule has 0 saturated carbocycles. The molecule has 2 aromatic carbocycles. The Balaban J connectivity index is 2.26. The van der Waals surface area contributed by atoms with Crippen LogP contribution >= 0.6 is 0 Å². The van der Waals surface area contributed by atoms with Crippen molar-refractivity contribution in [3.63, 3.8) is 0 Å². The minimum Gasteiger partial charge on any atom is -0.508 e. The molecule has 0 atom stereocenters. The molecule has 0 aliphatic heterocycles. The molecule has 2 aromatic rings. The van der Waals surface area contributed by atoms with Crippen LogP contribution in [-0.2, 0) is 6.42 Å². The maximum absolute atomic E-state index is 9.39. The van der Waals surface area contributed by atoms with Crippen molar-refractivity contribution in [3.05, 3.63) is 59.7 Å². The molecule has 1 N–H and O–H groups in total. The first kappa shape index (κ1) is 10.6. The number of ether oxygens (including phenoxy) is 1. The van der Waals surface area contributed by atoms with Crippen LogP contribution in [0.3, 0.4) is 0 Å². The molecule has 2 heteroatoms. The van der Waals surface area contributed by atoms with Gasteiger partial charge in [-0.25, -0.2) is 0 Å². The van der Waals surface area contributed by atoms with Crippen LogP contribution < -0.4 is 4.74 Å². The lowest BCUT2D eigenvalue weighted by Gasteiger charge is -2.08. The third-order valence-electron chi connectivity index (χ3n) is 2.50. The molecule has 0 amide bonds. The second-order valence-corrected chi connectivity index (χ2v) is 3.66. The number of benzene rings is 2. The first-order valence-corrected chi connectivity index (χ1v) is 5.19. The molecule has 0 aliphatic rings. The smallest absolute Gasteiger partial charge is 0.122 e. The zero-order valence-electron chi connectivity index (χ0n) is 9.18. The van der Waals surface area contributed by atoms with E-state index in [0.717, 1.165) is 23.3 Å². The van der Waals surface area contributed by atoms with Gasteiger partial charge in [0.1, 0.15) is 11.5 Å². The molecule has 0 radical (unpaired) electrons. The standard InChI is InChI=1S/C14H14O2/c1-16-14-8-3-2-6-12(14)9-11-5-4-7-13(15)10-11/h2-8,10,15H,9H2,1H3. The van der Waals surface area contributed by atoms with E-state index in [2.05, 4.69) is 0 Å². The van der Waals surface area contributed by atoms with Crippen molar-refractivity contribution in [1.29, 1.82) is 0 Å². The van der Waals surface area contributed by atoms with Crippen molar-refractivity contribution < 1.29 is 9.84 Å². The maximum atomic E-state index is 9.39. The van der Waals surface area contributed by atoms with E-state index in [-0.39, 0.29) is 0 Å². The highest BCUT2D eigenvalue weighted by atomic mass is 16.5. The van der Waals surface area contributed by atoms with Crippen LogP contribution in [0.15, 0.2) is 48.5 Å². The molecular formula is C14H14O2. The number of hydrogen-bond acceptors (Lipinski definition) is 2. The Labute approximate surface area is 95.1 Å². The van der Waals surface area contributed by atoms with Crippen LogP contribution in [-0.4, -0.2) is 12.2 Å². The van der Waals surface area contributed by atoms with Gasteiger partial charge in [0.2, 0.25) is 0 Å². The largest absolute Gasteiger partial charge is 0.508 e. The summed E-state index contributed by atoms with van der Waals surface area (Å²) in [4.78, 5) is 0. The van der Waals surface area contributed by atoms with Gasteiger partial charge in [0.05, 0.1) is 7.11 Å². The van der Waals surface area contributed by atoms with Gasteiger partial charge < -0.3 is 9.84 Å². The third-order valence-corrected chi connectivity index (χ3v) is 2.50. The number of aromatic hydroxyl groups is 1. The molecule has 0 saturated heterocycles. The number of para-hydroxylation sites is 1. The van der Waals surface area contributed by atoms with Crippen molar-refractivity contribution in [1.82, 2.24) is 0 Å². The molecule has 0 unspecified atom stereocenters. The number of methoxy groups -OCH3 is 1. The Morgan fingerprint density at radius 1 is 1.06 bits per heavy atom. The van der Waals surface area contributed by atoms with E-state index in [4.69, 9.17) is 4.74 Å². The lowest BCUT2D eigenvalue weighted by atomic mass is 10.0. The van der Waals surface area contributed by atoms with Crippen molar-refractivity contribution in [3.8, 4) is 11.5 Å². The molecule has 0 bridgehead atoms. The molecule has 0 fully saturated rings. The average molecular weight is 214 g/mol. The Kier molecular flexibility index (Phi) is 3.10. The van der Waals surface area contributed by atoms with Gasteiger partial charge in [-0.15, -0.1) is 0 Å². The van der Waals surface area contributed by atoms with Gasteiger partial charge in [-0.2, -0.15) is 0 Å². The molecule has 0 aliphatic carbocycles. The van der Waals surface area contributed by atoms with E-state index in [9.17, 15) is 5.11 Å². The Morgan fingerprint density at radius 3 is 2.62 bits per heavy atom. The zero-order valence-corrected chi connectivity index (χ0v) is 9.18. The maximum Gasteiger partial charge on any atom is 0.122 e. The second kappa shape index (κ2) is 4.71. The summed E-state index contributed by atoms with van der Waals surface area (Å²) in [6, 6.07) is 15.2. The normalized spacial score (nSPS) is 10.1. The number of phenolic OH excluding ortho intramolecular Hbond substituents is 1. The molecule has 2 rings (SSSR count). The summed E-state index contributed by atoms with van der Waals surface area (Å²) in [5.74, 6) is 1.18. The fourth-order valence-electron chi connectivity index (χ4n) is 1.74. The molecule has 2 nitrogen and oxygen atoms in total. The van der Waals surface area contributed by atoms with Gasteiger partial charge >= 0.3 is 0 Å². The quantitative estimate of drug-likeness (QED) is 0.851. The Bertz CT molecular complexity index is 478. The highest BCUT2D eigenvalue weighted by Crippen LogP contribution is 2.22. The van der Waals surface area contributed by atoms with Gasteiger partial charge in [0.15, 0.2) is 0 Å². The van der Waals surface area contributed by atoms with E-state index in [1.165, 1.54) is 0 Å². The average Bonchev–Trinajstić information content (AvgIpc) is 2.30. The van der Waals surface area contributed by atoms with Crippen LogP contribution in [0.25, 0.3) is 0 Å². The molecular weight excluding hydrogens is 200 g/mol. The van der Waals surface area contributed by atoms with Crippen molar-refractivity contribution >= 4 is 0 Å². The van der Waals surface area contributed by atoms with Gasteiger partial charge in [-0.05, 0) is 29.3 Å². The number of rotatable bonds is 3. The van der Waals surface area contributed by atoms with E-state index < -0.39 is 0 Å². The first-order valence-electron chi connectivity index (χ1n) is 5.19. The lowest BCUT2D eigenvalue weighted by Crippen LogP contribution is -1.93. The zero-order chi connectivity index (χ0) is 11.4. The highest BCUT2D eigenvalue weighted by Gasteiger charge is 2.03. The predicted molar refractivity (Wildman–Crippen MR) is 63.9 cm³/mol. The van der Waals surface area contributed by atoms with Crippen molar-refractivity contribution in [2.75, 3.05) is 7.11 Å². The van der Waals surface area contributed by atoms with Crippen LogP contribution in [0.1, 0.15) is 11.1 Å². The number of hydrogen-bond donors (Lipinski definition) is 1. The van der Waals surface area contributed by atoms with E-state index in [1.54, 1.807) is 19.2 Å². The summed E-state index contributed by atoms with van der Waals surface area (Å²) in [7, 11) is 1.67. The Hall–Kier alpha value is -1.96. The Morgan fingerprint density at radius 2 is 1.88 bits per heavy atom. The lowest BCUT2D eigenvalue weighted by molar-refractivity contribution is 0.410. The van der Waals surface area contributed by atoms with Crippen molar-refractivity contribution in [2.45, 2.75) is 6.42 Å². The minimum atomic E-state index is 0.299. The predicted octanol–water partition coefficient (Wildman–Crippen LogP) is 2.99. The summed E-state index contributed by atoms with van der Waals surface area (Å²) in [6.45, 7) is 0. The summed E-state index contributed by atoms with van der Waals surface area (Å²) in [5.41, 5.74) is 2.19. The highest BCUT2D eigenvalue weighted by molar-refractivity contribution is 5.39. The molecule has 16 heavy (non-hydrogen) atoms.